The van der Waals surface area contributed by atoms with Crippen LogP contribution in [-0.4, -0.2) is 0 Å². The van der Waals surface area contributed by atoms with Gasteiger partial charge in [-0.05, 0) is 115 Å². The van der Waals surface area contributed by atoms with Gasteiger partial charge in [-0.1, -0.05) is 214 Å². The van der Waals surface area contributed by atoms with Crippen molar-refractivity contribution in [1.29, 1.82) is 0 Å². The zero-order valence-electron chi connectivity index (χ0n) is 40.4. The quantitative estimate of drug-likeness (QED) is 0.159. The molecule has 0 aliphatic heterocycles. The first-order chi connectivity index (χ1) is 36.0. The maximum atomic E-state index is 7.37. The smallest absolute Gasteiger partial charge is 0.144 e. The Balaban J connectivity index is 1.04. The molecule has 15 rings (SSSR count). The normalized spacial score (nSPS) is 13.8. The molecule has 0 bridgehead atoms. The predicted octanol–water partition coefficient (Wildman–Crippen LogP) is 19.0. The Kier molecular flexibility index (Phi) is 8.92. The standard InChI is InChI=1S/C70H47NO2/c1-69(2)56-31-16-12-28-50(56)52-39-37-45(41-58(52)69)65-67-54-30-15-19-35-62(54)72-64(67)43-55-66-61(34-20-36-63(66)73-68(55)65)71(60-33-18-14-27-49(60)44-21-6-3-7-22-44)48-38-40-53-51-29-13-17-32-57(51)70(59(53)42-48,46-23-8-4-9-24-46)47-25-10-5-11-26-47/h3-43H,1-2H3. The summed E-state index contributed by atoms with van der Waals surface area (Å²) < 4.78 is 14.3. The van der Waals surface area contributed by atoms with Crippen LogP contribution in [0.5, 0.6) is 0 Å². The molecule has 73 heavy (non-hydrogen) atoms. The van der Waals surface area contributed by atoms with Gasteiger partial charge in [0.05, 0.1) is 22.2 Å². The molecule has 0 saturated carbocycles. The van der Waals surface area contributed by atoms with Gasteiger partial charge in [0, 0.05) is 38.4 Å². The number of furan rings is 2. The lowest BCUT2D eigenvalue weighted by Gasteiger charge is -2.35. The number of fused-ring (bicyclic) bond motifs is 12. The van der Waals surface area contributed by atoms with E-state index in [1.54, 1.807) is 0 Å². The van der Waals surface area contributed by atoms with E-state index in [4.69, 9.17) is 8.83 Å². The van der Waals surface area contributed by atoms with Crippen molar-refractivity contribution < 1.29 is 8.83 Å². The molecule has 0 unspecified atom stereocenters. The van der Waals surface area contributed by atoms with Gasteiger partial charge in [0.2, 0.25) is 0 Å². The topological polar surface area (TPSA) is 29.5 Å². The summed E-state index contributed by atoms with van der Waals surface area (Å²) in [6, 6.07) is 90.9. The van der Waals surface area contributed by atoms with Crippen molar-refractivity contribution in [3.8, 4) is 44.5 Å². The highest BCUT2D eigenvalue weighted by molar-refractivity contribution is 6.26. The van der Waals surface area contributed by atoms with Gasteiger partial charge in [0.1, 0.15) is 22.3 Å². The molecule has 0 amide bonds. The highest BCUT2D eigenvalue weighted by Gasteiger charge is 2.46. The first-order valence-electron chi connectivity index (χ1n) is 25.3. The summed E-state index contributed by atoms with van der Waals surface area (Å²) in [5.41, 5.74) is 22.7. The van der Waals surface area contributed by atoms with Crippen LogP contribution in [0.2, 0.25) is 0 Å². The Morgan fingerprint density at radius 2 is 0.918 bits per heavy atom. The lowest BCUT2D eigenvalue weighted by molar-refractivity contribution is 0.660. The van der Waals surface area contributed by atoms with Crippen LogP contribution in [-0.2, 0) is 10.8 Å². The van der Waals surface area contributed by atoms with E-state index in [-0.39, 0.29) is 5.41 Å². The second kappa shape index (κ2) is 15.7. The highest BCUT2D eigenvalue weighted by Crippen LogP contribution is 2.59. The van der Waals surface area contributed by atoms with E-state index >= 15 is 0 Å². The molecule has 3 heteroatoms. The van der Waals surface area contributed by atoms with Gasteiger partial charge in [-0.15, -0.1) is 0 Å². The van der Waals surface area contributed by atoms with Gasteiger partial charge in [-0.3, -0.25) is 0 Å². The molecule has 2 aromatic heterocycles. The van der Waals surface area contributed by atoms with Gasteiger partial charge in [-0.25, -0.2) is 0 Å². The number of nitrogens with zero attached hydrogens (tertiary/aromatic N) is 1. The van der Waals surface area contributed by atoms with Crippen LogP contribution < -0.4 is 4.90 Å². The van der Waals surface area contributed by atoms with Crippen LogP contribution in [0.4, 0.5) is 17.1 Å². The van der Waals surface area contributed by atoms with Gasteiger partial charge >= 0.3 is 0 Å². The van der Waals surface area contributed by atoms with E-state index in [2.05, 4.69) is 267 Å². The van der Waals surface area contributed by atoms with E-state index in [0.717, 1.165) is 83.2 Å². The maximum absolute atomic E-state index is 7.37. The number of anilines is 3. The van der Waals surface area contributed by atoms with Crippen molar-refractivity contribution >= 4 is 60.9 Å². The summed E-state index contributed by atoms with van der Waals surface area (Å²) in [6.07, 6.45) is 0. The fourth-order valence-corrected chi connectivity index (χ4v) is 13.0. The Morgan fingerprint density at radius 1 is 0.342 bits per heavy atom. The lowest BCUT2D eigenvalue weighted by Crippen LogP contribution is -2.28. The van der Waals surface area contributed by atoms with Crippen molar-refractivity contribution in [2.24, 2.45) is 0 Å². The number of hydrogen-bond donors (Lipinski definition) is 0. The van der Waals surface area contributed by atoms with Crippen LogP contribution in [0.15, 0.2) is 258 Å². The largest absolute Gasteiger partial charge is 0.456 e. The number of hydrogen-bond acceptors (Lipinski definition) is 3. The number of benzene rings is 11. The molecule has 2 aliphatic rings. The van der Waals surface area contributed by atoms with E-state index < -0.39 is 5.41 Å². The monoisotopic (exact) mass is 933 g/mol. The Labute approximate surface area is 423 Å². The predicted molar refractivity (Wildman–Crippen MR) is 301 cm³/mol. The average molecular weight is 934 g/mol. The third-order valence-electron chi connectivity index (χ3n) is 16.1. The summed E-state index contributed by atoms with van der Waals surface area (Å²) in [5, 5.41) is 4.13. The van der Waals surface area contributed by atoms with Crippen molar-refractivity contribution in [2.75, 3.05) is 4.90 Å². The molecule has 344 valence electrons. The fraction of sp³-hybridized carbons (Fsp3) is 0.0571. The minimum atomic E-state index is -0.586. The highest BCUT2D eigenvalue weighted by atomic mass is 16.3. The molecule has 0 radical (unpaired) electrons. The van der Waals surface area contributed by atoms with Gasteiger partial charge in [0.25, 0.3) is 0 Å². The Hall–Kier alpha value is -9.18. The van der Waals surface area contributed by atoms with Gasteiger partial charge in [-0.2, -0.15) is 0 Å². The molecule has 0 fully saturated rings. The van der Waals surface area contributed by atoms with Crippen LogP contribution in [0.1, 0.15) is 47.2 Å². The summed E-state index contributed by atoms with van der Waals surface area (Å²) >= 11 is 0. The zero-order valence-corrected chi connectivity index (χ0v) is 40.4. The fourth-order valence-electron chi connectivity index (χ4n) is 13.0. The van der Waals surface area contributed by atoms with Crippen LogP contribution >= 0.6 is 0 Å². The molecule has 0 N–H and O–H groups in total. The number of rotatable bonds is 7. The van der Waals surface area contributed by atoms with Crippen LogP contribution in [0, 0.1) is 0 Å². The molecule has 11 aromatic carbocycles. The Bertz CT molecular complexity index is 4310. The summed E-state index contributed by atoms with van der Waals surface area (Å²) in [7, 11) is 0. The number of para-hydroxylation sites is 2. The van der Waals surface area contributed by atoms with Crippen LogP contribution in [0.3, 0.4) is 0 Å². The molecule has 0 atom stereocenters. The summed E-state index contributed by atoms with van der Waals surface area (Å²) in [6.45, 7) is 4.70. The second-order valence-electron chi connectivity index (χ2n) is 20.3. The van der Waals surface area contributed by atoms with E-state index in [1.807, 2.05) is 0 Å². The van der Waals surface area contributed by atoms with Crippen LogP contribution in [0.25, 0.3) is 88.4 Å². The molecule has 3 nitrogen and oxygen atoms in total. The van der Waals surface area contributed by atoms with E-state index in [0.29, 0.717) is 0 Å². The minimum Gasteiger partial charge on any atom is -0.456 e. The Morgan fingerprint density at radius 3 is 1.68 bits per heavy atom. The first kappa shape index (κ1) is 41.6. The van der Waals surface area contributed by atoms with Crippen molar-refractivity contribution in [3.63, 3.8) is 0 Å². The van der Waals surface area contributed by atoms with Crippen molar-refractivity contribution in [1.82, 2.24) is 0 Å². The van der Waals surface area contributed by atoms with E-state index in [1.165, 1.54) is 55.6 Å². The maximum Gasteiger partial charge on any atom is 0.144 e. The van der Waals surface area contributed by atoms with Gasteiger partial charge < -0.3 is 13.7 Å². The minimum absolute atomic E-state index is 0.184. The second-order valence-corrected chi connectivity index (χ2v) is 20.3. The molecule has 2 heterocycles. The van der Waals surface area contributed by atoms with Crippen molar-refractivity contribution in [2.45, 2.75) is 24.7 Å². The first-order valence-corrected chi connectivity index (χ1v) is 25.3. The molecule has 0 spiro atoms. The third-order valence-corrected chi connectivity index (χ3v) is 16.1. The SMILES string of the molecule is CC1(C)c2ccccc2-c2ccc(-c3c4oc5cccc(N(c6ccc7c(c6)C(c6ccccc6)(c6ccccc6)c6ccccc6-7)c6ccccc6-c6ccccc6)c5c4cc4oc5ccccc5c34)cc21. The van der Waals surface area contributed by atoms with Gasteiger partial charge in [0.15, 0.2) is 0 Å². The van der Waals surface area contributed by atoms with E-state index in [9.17, 15) is 0 Å². The molecule has 13 aromatic rings. The lowest BCUT2D eigenvalue weighted by atomic mass is 9.67. The summed E-state index contributed by atoms with van der Waals surface area (Å²) in [4.78, 5) is 2.47. The molecule has 2 aliphatic carbocycles. The average Bonchev–Trinajstić information content (AvgIpc) is 4.16. The molecular weight excluding hydrogens is 887 g/mol. The van der Waals surface area contributed by atoms with Crippen molar-refractivity contribution in [3.05, 3.63) is 282 Å². The third kappa shape index (κ3) is 5.88. The zero-order chi connectivity index (χ0) is 48.4. The summed E-state index contributed by atoms with van der Waals surface area (Å²) in [5.74, 6) is 0. The molecular formula is C70H47NO2. The molecule has 0 saturated heterocycles.